The van der Waals surface area contributed by atoms with Gasteiger partial charge in [0.2, 0.25) is 0 Å². The molecule has 30 heavy (non-hydrogen) atoms. The SMILES string of the molecule is CC(C)[NH+]1CCc2nc(NC(=O)c3cc4c(ccc5ccccc54)oc3=O)sc2C1. The van der Waals surface area contributed by atoms with Crippen LogP contribution in [0.25, 0.3) is 21.7 Å². The van der Waals surface area contributed by atoms with Gasteiger partial charge < -0.3 is 9.32 Å². The maximum Gasteiger partial charge on any atom is 0.349 e. The molecule has 2 aromatic carbocycles. The molecule has 1 unspecified atom stereocenters. The molecule has 5 rings (SSSR count). The number of amides is 1. The lowest BCUT2D eigenvalue weighted by Crippen LogP contribution is -3.14. The summed E-state index contributed by atoms with van der Waals surface area (Å²) >= 11 is 1.49. The highest BCUT2D eigenvalue weighted by Gasteiger charge is 2.26. The lowest BCUT2D eigenvalue weighted by molar-refractivity contribution is -0.936. The summed E-state index contributed by atoms with van der Waals surface area (Å²) in [6.07, 6.45) is 0.902. The third-order valence-electron chi connectivity index (χ3n) is 5.77. The van der Waals surface area contributed by atoms with Gasteiger partial charge in [-0.25, -0.2) is 9.78 Å². The van der Waals surface area contributed by atoms with Crippen molar-refractivity contribution in [3.05, 3.63) is 69.0 Å². The second-order valence-electron chi connectivity index (χ2n) is 7.98. The van der Waals surface area contributed by atoms with Gasteiger partial charge >= 0.3 is 5.63 Å². The van der Waals surface area contributed by atoms with E-state index in [0.717, 1.165) is 41.4 Å². The molecule has 2 N–H and O–H groups in total. The van der Waals surface area contributed by atoms with Crippen LogP contribution in [0.1, 0.15) is 34.8 Å². The van der Waals surface area contributed by atoms with Crippen molar-refractivity contribution >= 4 is 44.1 Å². The Kier molecular flexibility index (Phi) is 4.64. The minimum Gasteiger partial charge on any atom is -0.422 e. The monoisotopic (exact) mass is 420 g/mol. The molecule has 0 fully saturated rings. The van der Waals surface area contributed by atoms with E-state index in [4.69, 9.17) is 4.42 Å². The lowest BCUT2D eigenvalue weighted by Gasteiger charge is -2.26. The Morgan fingerprint density at radius 3 is 2.87 bits per heavy atom. The van der Waals surface area contributed by atoms with Crippen molar-refractivity contribution in [3.8, 4) is 0 Å². The summed E-state index contributed by atoms with van der Waals surface area (Å²) in [7, 11) is 0. The highest BCUT2D eigenvalue weighted by Crippen LogP contribution is 2.27. The topological polar surface area (TPSA) is 76.6 Å². The number of nitrogens with one attached hydrogen (secondary N) is 2. The number of carbonyl (C=O) groups is 1. The number of benzene rings is 2. The first kappa shape index (κ1) is 19.0. The molecule has 0 bridgehead atoms. The Balaban J connectivity index is 1.48. The summed E-state index contributed by atoms with van der Waals surface area (Å²) in [5, 5.41) is 6.05. The molecule has 1 atom stereocenters. The molecule has 0 saturated heterocycles. The van der Waals surface area contributed by atoms with E-state index in [1.54, 1.807) is 12.1 Å². The molecule has 0 spiro atoms. The Morgan fingerprint density at radius 1 is 1.20 bits per heavy atom. The van der Waals surface area contributed by atoms with E-state index in [1.165, 1.54) is 21.1 Å². The van der Waals surface area contributed by atoms with E-state index in [9.17, 15) is 9.59 Å². The minimum atomic E-state index is -0.646. The third kappa shape index (κ3) is 3.30. The van der Waals surface area contributed by atoms with Crippen molar-refractivity contribution in [2.75, 3.05) is 11.9 Å². The van der Waals surface area contributed by atoms with Crippen molar-refractivity contribution in [3.63, 3.8) is 0 Å². The lowest BCUT2D eigenvalue weighted by atomic mass is 10.0. The second-order valence-corrected chi connectivity index (χ2v) is 9.06. The Labute approximate surface area is 177 Å². The molecule has 1 amide bonds. The van der Waals surface area contributed by atoms with Crippen LogP contribution in [0.2, 0.25) is 0 Å². The van der Waals surface area contributed by atoms with E-state index in [2.05, 4.69) is 24.1 Å². The smallest absolute Gasteiger partial charge is 0.349 e. The van der Waals surface area contributed by atoms with Crippen LogP contribution >= 0.6 is 11.3 Å². The fourth-order valence-corrected chi connectivity index (χ4v) is 5.09. The fourth-order valence-electron chi connectivity index (χ4n) is 4.03. The first-order chi connectivity index (χ1) is 14.5. The fraction of sp³-hybridized carbons (Fsp3) is 0.261. The molecule has 3 heterocycles. The largest absolute Gasteiger partial charge is 0.422 e. The number of rotatable bonds is 3. The number of nitrogens with zero attached hydrogens (tertiary/aromatic N) is 1. The zero-order valence-electron chi connectivity index (χ0n) is 16.8. The van der Waals surface area contributed by atoms with Crippen LogP contribution in [0.3, 0.4) is 0 Å². The quantitative estimate of drug-likeness (QED) is 0.395. The molecular weight excluding hydrogens is 398 g/mol. The molecule has 0 radical (unpaired) electrons. The van der Waals surface area contributed by atoms with Crippen LogP contribution in [-0.4, -0.2) is 23.5 Å². The molecule has 1 aliphatic rings. The van der Waals surface area contributed by atoms with Gasteiger partial charge in [-0.2, -0.15) is 0 Å². The van der Waals surface area contributed by atoms with E-state index >= 15 is 0 Å². The van der Waals surface area contributed by atoms with Crippen LogP contribution < -0.4 is 15.8 Å². The molecule has 1 aliphatic heterocycles. The number of hydrogen-bond acceptors (Lipinski definition) is 5. The Hall–Kier alpha value is -3.03. The van der Waals surface area contributed by atoms with Gasteiger partial charge in [0.1, 0.15) is 17.7 Å². The average molecular weight is 421 g/mol. The van der Waals surface area contributed by atoms with Gasteiger partial charge in [0, 0.05) is 11.8 Å². The molecular formula is C23H22N3O3S+. The standard InChI is InChI=1S/C23H21N3O3S/c1-13(2)26-10-9-18-20(12-26)30-23(24-18)25-21(27)17-11-16-15-6-4-3-5-14(15)7-8-19(16)29-22(17)28/h3-8,11,13H,9-10,12H2,1-2H3,(H,24,25,27)/p+1. The van der Waals surface area contributed by atoms with Gasteiger partial charge in [0.25, 0.3) is 5.91 Å². The predicted octanol–water partition coefficient (Wildman–Crippen LogP) is 3.00. The van der Waals surface area contributed by atoms with Gasteiger partial charge in [0.05, 0.1) is 23.2 Å². The molecule has 4 aromatic rings. The number of carbonyl (C=O) groups excluding carboxylic acids is 1. The van der Waals surface area contributed by atoms with Gasteiger partial charge in [0.15, 0.2) is 5.13 Å². The van der Waals surface area contributed by atoms with Gasteiger partial charge in [-0.3, -0.25) is 10.1 Å². The van der Waals surface area contributed by atoms with Crippen LogP contribution in [0.15, 0.2) is 51.7 Å². The molecule has 2 aromatic heterocycles. The molecule has 6 nitrogen and oxygen atoms in total. The number of aromatic nitrogens is 1. The van der Waals surface area contributed by atoms with Crippen LogP contribution in [0.5, 0.6) is 0 Å². The van der Waals surface area contributed by atoms with Crippen molar-refractivity contribution in [2.45, 2.75) is 32.9 Å². The first-order valence-electron chi connectivity index (χ1n) is 10.1. The summed E-state index contributed by atoms with van der Waals surface area (Å²) in [6.45, 7) is 6.40. The number of thiazole rings is 1. The number of quaternary nitrogens is 1. The molecule has 152 valence electrons. The van der Waals surface area contributed by atoms with Gasteiger partial charge in [-0.1, -0.05) is 41.7 Å². The van der Waals surface area contributed by atoms with Gasteiger partial charge in [-0.15, -0.1) is 0 Å². The molecule has 7 heteroatoms. The average Bonchev–Trinajstić information content (AvgIpc) is 3.14. The summed E-state index contributed by atoms with van der Waals surface area (Å²) in [4.78, 5) is 32.7. The minimum absolute atomic E-state index is 0.0125. The Morgan fingerprint density at radius 2 is 2.03 bits per heavy atom. The van der Waals surface area contributed by atoms with Crippen LogP contribution in [0, 0.1) is 0 Å². The van der Waals surface area contributed by atoms with Crippen LogP contribution in [-0.2, 0) is 13.0 Å². The summed E-state index contributed by atoms with van der Waals surface area (Å²) in [5.74, 6) is -0.488. The normalized spacial score (nSPS) is 16.2. The highest BCUT2D eigenvalue weighted by atomic mass is 32.1. The maximum absolute atomic E-state index is 12.9. The van der Waals surface area contributed by atoms with E-state index in [1.807, 2.05) is 30.3 Å². The van der Waals surface area contributed by atoms with E-state index in [0.29, 0.717) is 16.8 Å². The summed E-state index contributed by atoms with van der Waals surface area (Å²) in [6, 6.07) is 13.7. The number of fused-ring (bicyclic) bond motifs is 4. The Bertz CT molecular complexity index is 1340. The second kappa shape index (κ2) is 7.34. The zero-order valence-corrected chi connectivity index (χ0v) is 17.6. The van der Waals surface area contributed by atoms with Crippen molar-refractivity contribution in [1.29, 1.82) is 0 Å². The van der Waals surface area contributed by atoms with Crippen molar-refractivity contribution < 1.29 is 14.1 Å². The number of hydrogen-bond donors (Lipinski definition) is 2. The van der Waals surface area contributed by atoms with E-state index < -0.39 is 11.5 Å². The van der Waals surface area contributed by atoms with Crippen molar-refractivity contribution in [2.24, 2.45) is 0 Å². The van der Waals surface area contributed by atoms with Crippen LogP contribution in [0.4, 0.5) is 5.13 Å². The highest BCUT2D eigenvalue weighted by molar-refractivity contribution is 7.15. The predicted molar refractivity (Wildman–Crippen MR) is 118 cm³/mol. The third-order valence-corrected chi connectivity index (χ3v) is 6.79. The molecule has 0 aliphatic carbocycles. The number of anilines is 1. The van der Waals surface area contributed by atoms with Crippen molar-refractivity contribution in [1.82, 2.24) is 4.98 Å². The first-order valence-corrected chi connectivity index (χ1v) is 10.9. The summed E-state index contributed by atoms with van der Waals surface area (Å²) in [5.41, 5.74) is 0.862. The zero-order chi connectivity index (χ0) is 20.8. The van der Waals surface area contributed by atoms with E-state index in [-0.39, 0.29) is 5.56 Å². The van der Waals surface area contributed by atoms with Gasteiger partial charge in [-0.05, 0) is 36.8 Å². The molecule has 0 saturated carbocycles. The summed E-state index contributed by atoms with van der Waals surface area (Å²) < 4.78 is 5.44. The maximum atomic E-state index is 12.9.